The highest BCUT2D eigenvalue weighted by Crippen LogP contribution is 2.53. The number of halogens is 3. The number of carbonyl (C=O) groups is 1. The van der Waals surface area contributed by atoms with Crippen molar-refractivity contribution in [3.05, 3.63) is 0 Å². The van der Waals surface area contributed by atoms with Gasteiger partial charge in [0.05, 0.1) is 6.54 Å². The van der Waals surface area contributed by atoms with Gasteiger partial charge in [-0.2, -0.15) is 13.2 Å². The lowest BCUT2D eigenvalue weighted by molar-refractivity contribution is -0.161. The maximum absolute atomic E-state index is 12.4. The van der Waals surface area contributed by atoms with Gasteiger partial charge in [-0.1, -0.05) is 6.42 Å². The zero-order valence-corrected chi connectivity index (χ0v) is 10.6. The van der Waals surface area contributed by atoms with Crippen molar-refractivity contribution < 1.29 is 27.8 Å². The lowest BCUT2D eigenvalue weighted by atomic mass is 9.66. The molecule has 1 atom stereocenters. The number of carboxylic acids is 1. The van der Waals surface area contributed by atoms with Crippen LogP contribution in [0.3, 0.4) is 0 Å². The SMILES string of the molecule is O=C(O)C1(NCC(F)(F)F)CCCC12CCOCC2. The van der Waals surface area contributed by atoms with E-state index < -0.39 is 29.6 Å². The van der Waals surface area contributed by atoms with Crippen LogP contribution < -0.4 is 5.32 Å². The second-order valence-corrected chi connectivity index (χ2v) is 5.43. The molecular weight excluding hydrogens is 263 g/mol. The van der Waals surface area contributed by atoms with E-state index >= 15 is 0 Å². The molecule has 0 bridgehead atoms. The molecule has 1 spiro atoms. The molecule has 0 aromatic heterocycles. The Morgan fingerprint density at radius 3 is 2.37 bits per heavy atom. The summed E-state index contributed by atoms with van der Waals surface area (Å²) in [6.07, 6.45) is -1.87. The molecule has 0 aromatic rings. The first-order chi connectivity index (χ1) is 8.81. The van der Waals surface area contributed by atoms with Gasteiger partial charge in [-0.25, -0.2) is 0 Å². The van der Waals surface area contributed by atoms with Crippen LogP contribution in [0.15, 0.2) is 0 Å². The molecule has 19 heavy (non-hydrogen) atoms. The molecule has 1 aliphatic heterocycles. The molecule has 110 valence electrons. The van der Waals surface area contributed by atoms with Crippen LogP contribution in [0, 0.1) is 5.41 Å². The van der Waals surface area contributed by atoms with E-state index in [2.05, 4.69) is 5.32 Å². The standard InChI is InChI=1S/C12H18F3NO3/c13-12(14,15)8-16-11(9(17)18)3-1-2-10(11)4-6-19-7-5-10/h16H,1-8H2,(H,17,18). The Labute approximate surface area is 109 Å². The van der Waals surface area contributed by atoms with Crippen LogP contribution in [-0.4, -0.2) is 42.5 Å². The van der Waals surface area contributed by atoms with Gasteiger partial charge in [-0.3, -0.25) is 10.1 Å². The van der Waals surface area contributed by atoms with E-state index in [-0.39, 0.29) is 6.42 Å². The Kier molecular flexibility index (Phi) is 3.79. The quantitative estimate of drug-likeness (QED) is 0.830. The fourth-order valence-electron chi connectivity index (χ4n) is 3.55. The first-order valence-electron chi connectivity index (χ1n) is 6.44. The molecule has 2 fully saturated rings. The Bertz CT molecular complexity index is 353. The maximum Gasteiger partial charge on any atom is 0.401 e. The van der Waals surface area contributed by atoms with Crippen LogP contribution in [0.25, 0.3) is 0 Å². The van der Waals surface area contributed by atoms with E-state index in [0.717, 1.165) is 0 Å². The molecule has 2 N–H and O–H groups in total. The van der Waals surface area contributed by atoms with Gasteiger partial charge in [0.25, 0.3) is 0 Å². The summed E-state index contributed by atoms with van der Waals surface area (Å²) in [6, 6.07) is 0. The molecule has 1 unspecified atom stereocenters. The highest BCUT2D eigenvalue weighted by molar-refractivity contribution is 5.80. The number of alkyl halides is 3. The summed E-state index contributed by atoms with van der Waals surface area (Å²) in [4.78, 5) is 11.6. The van der Waals surface area contributed by atoms with Crippen molar-refractivity contribution in [2.24, 2.45) is 5.41 Å². The van der Waals surface area contributed by atoms with Gasteiger partial charge < -0.3 is 9.84 Å². The van der Waals surface area contributed by atoms with E-state index in [1.165, 1.54) is 0 Å². The normalized spacial score (nSPS) is 30.7. The minimum atomic E-state index is -4.41. The number of nitrogens with one attached hydrogen (secondary N) is 1. The van der Waals surface area contributed by atoms with Crippen molar-refractivity contribution in [2.45, 2.75) is 43.8 Å². The second kappa shape index (κ2) is 4.94. The lowest BCUT2D eigenvalue weighted by Crippen LogP contribution is -2.63. The lowest BCUT2D eigenvalue weighted by Gasteiger charge is -2.46. The number of ether oxygens (including phenoxy) is 1. The average Bonchev–Trinajstić information content (AvgIpc) is 2.66. The molecule has 0 radical (unpaired) electrons. The third kappa shape index (κ3) is 2.58. The maximum atomic E-state index is 12.4. The third-order valence-corrected chi connectivity index (χ3v) is 4.52. The van der Waals surface area contributed by atoms with Crippen molar-refractivity contribution in [2.75, 3.05) is 19.8 Å². The van der Waals surface area contributed by atoms with E-state index in [4.69, 9.17) is 4.74 Å². The Morgan fingerprint density at radius 2 is 1.84 bits per heavy atom. The fourth-order valence-corrected chi connectivity index (χ4v) is 3.55. The van der Waals surface area contributed by atoms with Crippen LogP contribution in [-0.2, 0) is 9.53 Å². The predicted molar refractivity (Wildman–Crippen MR) is 60.8 cm³/mol. The summed E-state index contributed by atoms with van der Waals surface area (Å²) in [7, 11) is 0. The Balaban J connectivity index is 2.24. The number of hydrogen-bond acceptors (Lipinski definition) is 3. The predicted octanol–water partition coefficient (Wildman–Crippen LogP) is 1.94. The topological polar surface area (TPSA) is 58.6 Å². The minimum absolute atomic E-state index is 0.248. The van der Waals surface area contributed by atoms with Crippen LogP contribution in [0.2, 0.25) is 0 Å². The highest BCUT2D eigenvalue weighted by atomic mass is 19.4. The van der Waals surface area contributed by atoms with Gasteiger partial charge in [-0.15, -0.1) is 0 Å². The van der Waals surface area contributed by atoms with Crippen LogP contribution in [0.1, 0.15) is 32.1 Å². The summed E-state index contributed by atoms with van der Waals surface area (Å²) in [5.41, 5.74) is -2.07. The summed E-state index contributed by atoms with van der Waals surface area (Å²) in [6.45, 7) is -0.423. The van der Waals surface area contributed by atoms with E-state index in [1.807, 2.05) is 0 Å². The van der Waals surface area contributed by atoms with Crippen molar-refractivity contribution in [3.8, 4) is 0 Å². The molecule has 4 nitrogen and oxygen atoms in total. The first-order valence-corrected chi connectivity index (χ1v) is 6.44. The molecular formula is C12H18F3NO3. The van der Waals surface area contributed by atoms with Gasteiger partial charge in [-0.05, 0) is 25.7 Å². The monoisotopic (exact) mass is 281 g/mol. The largest absolute Gasteiger partial charge is 0.480 e. The van der Waals surface area contributed by atoms with Crippen LogP contribution >= 0.6 is 0 Å². The molecule has 0 aromatic carbocycles. The van der Waals surface area contributed by atoms with Crippen molar-refractivity contribution in [3.63, 3.8) is 0 Å². The molecule has 1 saturated carbocycles. The smallest absolute Gasteiger partial charge is 0.401 e. The van der Waals surface area contributed by atoms with Crippen LogP contribution in [0.5, 0.6) is 0 Å². The number of hydrogen-bond donors (Lipinski definition) is 2. The van der Waals surface area contributed by atoms with E-state index in [0.29, 0.717) is 38.9 Å². The van der Waals surface area contributed by atoms with Crippen molar-refractivity contribution in [1.82, 2.24) is 5.32 Å². The molecule has 2 aliphatic rings. The zero-order valence-electron chi connectivity index (χ0n) is 10.6. The van der Waals surface area contributed by atoms with Gasteiger partial charge in [0.1, 0.15) is 5.54 Å². The molecule has 1 aliphatic carbocycles. The molecule has 1 saturated heterocycles. The number of carboxylic acid groups (broad SMARTS) is 1. The van der Waals surface area contributed by atoms with Gasteiger partial charge in [0.15, 0.2) is 0 Å². The highest BCUT2D eigenvalue weighted by Gasteiger charge is 2.60. The Hall–Kier alpha value is -0.820. The second-order valence-electron chi connectivity index (χ2n) is 5.43. The molecule has 2 rings (SSSR count). The molecule has 7 heteroatoms. The summed E-state index contributed by atoms with van der Waals surface area (Å²) in [5, 5.41) is 11.8. The third-order valence-electron chi connectivity index (χ3n) is 4.52. The average molecular weight is 281 g/mol. The van der Waals surface area contributed by atoms with Crippen molar-refractivity contribution in [1.29, 1.82) is 0 Å². The molecule has 0 amide bonds. The van der Waals surface area contributed by atoms with Crippen molar-refractivity contribution >= 4 is 5.97 Å². The van der Waals surface area contributed by atoms with E-state index in [9.17, 15) is 23.1 Å². The summed E-state index contributed by atoms with van der Waals surface area (Å²) < 4.78 is 42.5. The fraction of sp³-hybridized carbons (Fsp3) is 0.917. The Morgan fingerprint density at radius 1 is 1.21 bits per heavy atom. The summed E-state index contributed by atoms with van der Waals surface area (Å²) >= 11 is 0. The minimum Gasteiger partial charge on any atom is -0.480 e. The number of aliphatic carboxylic acids is 1. The van der Waals surface area contributed by atoms with Gasteiger partial charge >= 0.3 is 12.1 Å². The van der Waals surface area contributed by atoms with E-state index in [1.54, 1.807) is 0 Å². The summed E-state index contributed by atoms with van der Waals surface area (Å²) in [5.74, 6) is -1.17. The molecule has 1 heterocycles. The van der Waals surface area contributed by atoms with Crippen LogP contribution in [0.4, 0.5) is 13.2 Å². The zero-order chi connectivity index (χ0) is 14.1. The van der Waals surface area contributed by atoms with Gasteiger partial charge in [0.2, 0.25) is 0 Å². The first kappa shape index (κ1) is 14.6. The van der Waals surface area contributed by atoms with Gasteiger partial charge in [0, 0.05) is 18.6 Å². The number of rotatable bonds is 3.